The maximum absolute atomic E-state index is 11.9. The van der Waals surface area contributed by atoms with Crippen LogP contribution >= 0.6 is 0 Å². The fourth-order valence-electron chi connectivity index (χ4n) is 1.29. The van der Waals surface area contributed by atoms with E-state index in [1.807, 2.05) is 4.72 Å². The Hall–Kier alpha value is -1.84. The molecule has 0 amide bonds. The molecule has 0 atom stereocenters. The van der Waals surface area contributed by atoms with Gasteiger partial charge in [0, 0.05) is 12.6 Å². The SMILES string of the molecule is O=C(O)c1ccnc(NS(=O)(=O)CCCC(F)(F)F)c1. The van der Waals surface area contributed by atoms with E-state index in [9.17, 15) is 26.4 Å². The molecule has 0 bridgehead atoms. The van der Waals surface area contributed by atoms with Crippen LogP contribution in [-0.4, -0.2) is 36.4 Å². The molecule has 1 aromatic rings. The molecule has 0 aliphatic rings. The van der Waals surface area contributed by atoms with Gasteiger partial charge in [-0.1, -0.05) is 0 Å². The van der Waals surface area contributed by atoms with Gasteiger partial charge in [0.2, 0.25) is 10.0 Å². The van der Waals surface area contributed by atoms with Gasteiger partial charge < -0.3 is 5.11 Å². The first-order valence-corrected chi connectivity index (χ1v) is 7.01. The van der Waals surface area contributed by atoms with Crippen LogP contribution < -0.4 is 4.72 Å². The van der Waals surface area contributed by atoms with E-state index in [0.29, 0.717) is 0 Å². The fraction of sp³-hybridized carbons (Fsp3) is 0.400. The molecule has 2 N–H and O–H groups in total. The molecule has 0 saturated heterocycles. The zero-order valence-electron chi connectivity index (χ0n) is 10.0. The molecule has 0 aliphatic carbocycles. The Morgan fingerprint density at radius 2 is 2.05 bits per heavy atom. The normalized spacial score (nSPS) is 12.2. The number of aromatic nitrogens is 1. The van der Waals surface area contributed by atoms with Crippen LogP contribution in [0.4, 0.5) is 19.0 Å². The molecule has 0 aromatic carbocycles. The number of alkyl halides is 3. The molecular formula is C10H11F3N2O4S. The third-order valence-electron chi connectivity index (χ3n) is 2.14. The van der Waals surface area contributed by atoms with E-state index < -0.39 is 40.8 Å². The molecule has 10 heteroatoms. The van der Waals surface area contributed by atoms with Crippen molar-refractivity contribution in [2.24, 2.45) is 0 Å². The predicted octanol–water partition coefficient (Wildman–Crippen LogP) is 1.86. The predicted molar refractivity (Wildman–Crippen MR) is 63.9 cm³/mol. The number of carboxylic acid groups (broad SMARTS) is 1. The first-order valence-electron chi connectivity index (χ1n) is 5.36. The number of halogens is 3. The van der Waals surface area contributed by atoms with Crippen molar-refractivity contribution in [3.8, 4) is 0 Å². The van der Waals surface area contributed by atoms with Gasteiger partial charge in [0.1, 0.15) is 5.82 Å². The number of rotatable bonds is 6. The maximum Gasteiger partial charge on any atom is 0.389 e. The second-order valence-corrected chi connectivity index (χ2v) is 5.72. The highest BCUT2D eigenvalue weighted by atomic mass is 32.2. The number of hydrogen-bond acceptors (Lipinski definition) is 4. The number of carbonyl (C=O) groups is 1. The van der Waals surface area contributed by atoms with Crippen LogP contribution in [0.3, 0.4) is 0 Å². The Morgan fingerprint density at radius 3 is 2.60 bits per heavy atom. The Morgan fingerprint density at radius 1 is 1.40 bits per heavy atom. The lowest BCUT2D eigenvalue weighted by Gasteiger charge is -2.09. The summed E-state index contributed by atoms with van der Waals surface area (Å²) in [6.07, 6.45) is -5.14. The molecular weight excluding hydrogens is 301 g/mol. The van der Waals surface area contributed by atoms with Crippen molar-refractivity contribution in [1.29, 1.82) is 0 Å². The molecule has 0 unspecified atom stereocenters. The van der Waals surface area contributed by atoms with Crippen molar-refractivity contribution in [3.63, 3.8) is 0 Å². The van der Waals surface area contributed by atoms with Gasteiger partial charge in [0.15, 0.2) is 0 Å². The van der Waals surface area contributed by atoms with Gasteiger partial charge in [0.25, 0.3) is 0 Å². The standard InChI is InChI=1S/C10H11F3N2O4S/c11-10(12,13)3-1-5-20(18,19)15-8-6-7(9(16)17)2-4-14-8/h2,4,6H,1,3,5H2,(H,14,15)(H,16,17). The molecule has 20 heavy (non-hydrogen) atoms. The molecule has 1 heterocycles. The van der Waals surface area contributed by atoms with Crippen LogP contribution in [0.5, 0.6) is 0 Å². The number of aromatic carboxylic acids is 1. The van der Waals surface area contributed by atoms with Crippen LogP contribution in [-0.2, 0) is 10.0 Å². The molecule has 0 spiro atoms. The van der Waals surface area contributed by atoms with Gasteiger partial charge in [-0.15, -0.1) is 0 Å². The second-order valence-electron chi connectivity index (χ2n) is 3.87. The van der Waals surface area contributed by atoms with Crippen molar-refractivity contribution < 1.29 is 31.5 Å². The van der Waals surface area contributed by atoms with Gasteiger partial charge in [-0.2, -0.15) is 13.2 Å². The number of anilines is 1. The second kappa shape index (κ2) is 6.07. The van der Waals surface area contributed by atoms with Gasteiger partial charge >= 0.3 is 12.1 Å². The summed E-state index contributed by atoms with van der Waals surface area (Å²) >= 11 is 0. The Labute approximate surface area is 112 Å². The number of pyridine rings is 1. The lowest BCUT2D eigenvalue weighted by atomic mass is 10.3. The van der Waals surface area contributed by atoms with Gasteiger partial charge in [-0.05, 0) is 18.6 Å². The summed E-state index contributed by atoms with van der Waals surface area (Å²) in [5.74, 6) is -2.26. The van der Waals surface area contributed by atoms with E-state index in [2.05, 4.69) is 4.98 Å². The Bertz CT molecular complexity index is 586. The van der Waals surface area contributed by atoms with Crippen molar-refractivity contribution >= 4 is 21.8 Å². The molecule has 0 radical (unpaired) electrons. The smallest absolute Gasteiger partial charge is 0.389 e. The third-order valence-corrected chi connectivity index (χ3v) is 3.49. The minimum Gasteiger partial charge on any atom is -0.478 e. The molecule has 112 valence electrons. The van der Waals surface area contributed by atoms with Crippen LogP contribution in [0, 0.1) is 0 Å². The number of nitrogens with one attached hydrogen (secondary N) is 1. The number of carboxylic acids is 1. The van der Waals surface area contributed by atoms with Crippen LogP contribution in [0.15, 0.2) is 18.3 Å². The lowest BCUT2D eigenvalue weighted by molar-refractivity contribution is -0.134. The average molecular weight is 312 g/mol. The average Bonchev–Trinajstić information content (AvgIpc) is 2.26. The maximum atomic E-state index is 11.9. The highest BCUT2D eigenvalue weighted by Crippen LogP contribution is 2.21. The monoisotopic (exact) mass is 312 g/mol. The summed E-state index contributed by atoms with van der Waals surface area (Å²) in [5.41, 5.74) is -0.187. The van der Waals surface area contributed by atoms with Crippen LogP contribution in [0.2, 0.25) is 0 Å². The van der Waals surface area contributed by atoms with E-state index in [-0.39, 0.29) is 11.4 Å². The molecule has 0 saturated carbocycles. The van der Waals surface area contributed by atoms with Crippen molar-refractivity contribution in [3.05, 3.63) is 23.9 Å². The van der Waals surface area contributed by atoms with Crippen LogP contribution in [0.25, 0.3) is 0 Å². The lowest BCUT2D eigenvalue weighted by Crippen LogP contribution is -2.19. The quantitative estimate of drug-likeness (QED) is 0.836. The van der Waals surface area contributed by atoms with Gasteiger partial charge in [-0.25, -0.2) is 18.2 Å². The highest BCUT2D eigenvalue weighted by molar-refractivity contribution is 7.92. The first kappa shape index (κ1) is 16.2. The van der Waals surface area contributed by atoms with Gasteiger partial charge in [-0.3, -0.25) is 4.72 Å². The summed E-state index contributed by atoms with van der Waals surface area (Å²) in [6.45, 7) is 0. The number of sulfonamides is 1. The largest absolute Gasteiger partial charge is 0.478 e. The van der Waals surface area contributed by atoms with E-state index >= 15 is 0 Å². The van der Waals surface area contributed by atoms with E-state index in [4.69, 9.17) is 5.11 Å². The van der Waals surface area contributed by atoms with E-state index in [1.54, 1.807) is 0 Å². The molecule has 6 nitrogen and oxygen atoms in total. The topological polar surface area (TPSA) is 96.4 Å². The van der Waals surface area contributed by atoms with Crippen LogP contribution in [0.1, 0.15) is 23.2 Å². The molecule has 1 aromatic heterocycles. The molecule has 1 rings (SSSR count). The highest BCUT2D eigenvalue weighted by Gasteiger charge is 2.27. The number of nitrogens with zero attached hydrogens (tertiary/aromatic N) is 1. The summed E-state index contributed by atoms with van der Waals surface area (Å²) in [5, 5.41) is 8.71. The molecule has 0 aliphatic heterocycles. The molecule has 0 fully saturated rings. The van der Waals surface area contributed by atoms with Crippen molar-refractivity contribution in [1.82, 2.24) is 4.98 Å². The van der Waals surface area contributed by atoms with Crippen molar-refractivity contribution in [2.45, 2.75) is 19.0 Å². The Balaban J connectivity index is 2.67. The third kappa shape index (κ3) is 5.87. The zero-order chi connectivity index (χ0) is 15.4. The first-order chi connectivity index (χ1) is 9.09. The number of hydrogen-bond donors (Lipinski definition) is 2. The summed E-state index contributed by atoms with van der Waals surface area (Å²) in [7, 11) is -4.00. The van der Waals surface area contributed by atoms with Gasteiger partial charge in [0.05, 0.1) is 11.3 Å². The minimum atomic E-state index is -4.42. The van der Waals surface area contributed by atoms with E-state index in [1.165, 1.54) is 0 Å². The minimum absolute atomic E-state index is 0.187. The fourth-order valence-corrected chi connectivity index (χ4v) is 2.35. The summed E-state index contributed by atoms with van der Waals surface area (Å²) in [6, 6.07) is 2.13. The van der Waals surface area contributed by atoms with Crippen molar-refractivity contribution in [2.75, 3.05) is 10.5 Å². The zero-order valence-corrected chi connectivity index (χ0v) is 10.8. The summed E-state index contributed by atoms with van der Waals surface area (Å²) < 4.78 is 60.7. The Kier molecular flexibility index (Phi) is 4.93. The van der Waals surface area contributed by atoms with E-state index in [0.717, 1.165) is 18.3 Å². The summed E-state index contributed by atoms with van der Waals surface area (Å²) in [4.78, 5) is 14.3.